The van der Waals surface area contributed by atoms with E-state index in [4.69, 9.17) is 9.47 Å². The van der Waals surface area contributed by atoms with Gasteiger partial charge in [-0.3, -0.25) is 0 Å². The van der Waals surface area contributed by atoms with Crippen molar-refractivity contribution in [2.45, 2.75) is 20.8 Å². The van der Waals surface area contributed by atoms with Crippen molar-refractivity contribution in [2.75, 3.05) is 18.1 Å². The molecule has 1 aliphatic heterocycles. The van der Waals surface area contributed by atoms with Crippen LogP contribution in [-0.2, 0) is 19.1 Å². The molecule has 0 aromatic heterocycles. The molecule has 1 aliphatic rings. The minimum Gasteiger partial charge on any atom is -0.462 e. The maximum absolute atomic E-state index is 12.3. The largest absolute Gasteiger partial charge is 0.462 e. The lowest BCUT2D eigenvalue weighted by atomic mass is 10.2. The molecular formula is C17H19NO4S. The number of anilines is 1. The van der Waals surface area contributed by atoms with Crippen LogP contribution in [0.25, 0.3) is 0 Å². The number of hydrogen-bond acceptors (Lipinski definition) is 6. The van der Waals surface area contributed by atoms with Crippen molar-refractivity contribution >= 4 is 29.4 Å². The molecule has 0 radical (unpaired) electrons. The topological polar surface area (TPSA) is 55.8 Å². The van der Waals surface area contributed by atoms with Crippen LogP contribution in [0.15, 0.2) is 52.0 Å². The molecule has 2 rings (SSSR count). The number of ether oxygens (including phenoxy) is 2. The highest BCUT2D eigenvalue weighted by Gasteiger charge is 2.33. The van der Waals surface area contributed by atoms with Gasteiger partial charge in [0.1, 0.15) is 5.03 Å². The van der Waals surface area contributed by atoms with E-state index in [1.165, 1.54) is 11.8 Å². The molecule has 23 heavy (non-hydrogen) atoms. The third-order valence-corrected chi connectivity index (χ3v) is 4.15. The SMILES string of the molecule is CCOC(=O)C(C(=O)OCC)=C1SC=C(C)N1c1ccccc1. The Kier molecular flexibility index (Phi) is 5.87. The van der Waals surface area contributed by atoms with Crippen molar-refractivity contribution in [1.29, 1.82) is 0 Å². The molecule has 1 aromatic carbocycles. The Hall–Kier alpha value is -2.21. The van der Waals surface area contributed by atoms with Gasteiger partial charge in [0.2, 0.25) is 0 Å². The second-order valence-electron chi connectivity index (χ2n) is 4.67. The van der Waals surface area contributed by atoms with Crippen LogP contribution in [0.5, 0.6) is 0 Å². The Labute approximate surface area is 139 Å². The van der Waals surface area contributed by atoms with Gasteiger partial charge in [0.15, 0.2) is 5.57 Å². The minimum absolute atomic E-state index is 0.0735. The number of carbonyl (C=O) groups is 2. The third-order valence-electron chi connectivity index (χ3n) is 3.08. The molecule has 0 atom stereocenters. The number of esters is 2. The molecule has 0 unspecified atom stereocenters. The molecule has 0 amide bonds. The Morgan fingerprint density at radius 2 is 1.61 bits per heavy atom. The van der Waals surface area contributed by atoms with Crippen molar-refractivity contribution in [3.05, 3.63) is 52.0 Å². The van der Waals surface area contributed by atoms with Gasteiger partial charge in [-0.15, -0.1) is 0 Å². The van der Waals surface area contributed by atoms with Crippen molar-refractivity contribution in [1.82, 2.24) is 0 Å². The van der Waals surface area contributed by atoms with Crippen LogP contribution in [0.1, 0.15) is 20.8 Å². The van der Waals surface area contributed by atoms with E-state index in [0.717, 1.165) is 11.4 Å². The maximum atomic E-state index is 12.3. The molecular weight excluding hydrogens is 314 g/mol. The molecule has 1 heterocycles. The molecule has 6 heteroatoms. The van der Waals surface area contributed by atoms with Crippen LogP contribution < -0.4 is 4.90 Å². The van der Waals surface area contributed by atoms with Crippen LogP contribution in [0.4, 0.5) is 5.69 Å². The van der Waals surface area contributed by atoms with Crippen LogP contribution in [0.3, 0.4) is 0 Å². The minimum atomic E-state index is -0.669. The van der Waals surface area contributed by atoms with E-state index < -0.39 is 11.9 Å². The summed E-state index contributed by atoms with van der Waals surface area (Å²) in [7, 11) is 0. The van der Waals surface area contributed by atoms with Crippen molar-refractivity contribution in [2.24, 2.45) is 0 Å². The van der Waals surface area contributed by atoms with E-state index in [0.29, 0.717) is 5.03 Å². The normalized spacial score (nSPS) is 13.6. The Morgan fingerprint density at radius 1 is 1.04 bits per heavy atom. The summed E-state index contributed by atoms with van der Waals surface area (Å²) in [6.45, 7) is 5.70. The standard InChI is InChI=1S/C17H19NO4S/c1-4-21-16(19)14(17(20)22-5-2)15-18(12(3)11-23-15)13-9-7-6-8-10-13/h6-11H,4-5H2,1-3H3. The van der Waals surface area contributed by atoms with Gasteiger partial charge in [0.25, 0.3) is 0 Å². The first-order chi connectivity index (χ1) is 11.1. The number of benzene rings is 1. The maximum Gasteiger partial charge on any atom is 0.348 e. The Bertz CT molecular complexity index is 632. The van der Waals surface area contributed by atoms with E-state index in [1.54, 1.807) is 13.8 Å². The van der Waals surface area contributed by atoms with Crippen LogP contribution in [-0.4, -0.2) is 25.2 Å². The monoisotopic (exact) mass is 333 g/mol. The average molecular weight is 333 g/mol. The zero-order valence-electron chi connectivity index (χ0n) is 13.4. The van der Waals surface area contributed by atoms with Crippen molar-refractivity contribution in [3.63, 3.8) is 0 Å². The summed E-state index contributed by atoms with van der Waals surface area (Å²) in [6, 6.07) is 9.54. The highest BCUT2D eigenvalue weighted by atomic mass is 32.2. The van der Waals surface area contributed by atoms with E-state index in [1.807, 2.05) is 47.6 Å². The fraction of sp³-hybridized carbons (Fsp3) is 0.294. The molecule has 0 saturated heterocycles. The van der Waals surface area contributed by atoms with Crippen LogP contribution in [0, 0.1) is 0 Å². The van der Waals surface area contributed by atoms with Crippen molar-refractivity contribution in [3.8, 4) is 0 Å². The van der Waals surface area contributed by atoms with Gasteiger partial charge in [-0.1, -0.05) is 30.0 Å². The van der Waals surface area contributed by atoms with Gasteiger partial charge in [0, 0.05) is 11.4 Å². The fourth-order valence-electron chi connectivity index (χ4n) is 2.14. The predicted molar refractivity (Wildman–Crippen MR) is 90.6 cm³/mol. The fourth-order valence-corrected chi connectivity index (χ4v) is 3.17. The molecule has 0 saturated carbocycles. The quantitative estimate of drug-likeness (QED) is 0.356. The number of rotatable bonds is 5. The number of carbonyl (C=O) groups excluding carboxylic acids is 2. The van der Waals surface area contributed by atoms with Gasteiger partial charge in [-0.2, -0.15) is 0 Å². The smallest absolute Gasteiger partial charge is 0.348 e. The van der Waals surface area contributed by atoms with Crippen LogP contribution >= 0.6 is 11.8 Å². The molecule has 122 valence electrons. The Balaban J connectivity index is 2.51. The molecule has 0 bridgehead atoms. The third kappa shape index (κ3) is 3.76. The number of allylic oxidation sites excluding steroid dienone is 1. The van der Waals surface area contributed by atoms with E-state index in [-0.39, 0.29) is 18.8 Å². The summed E-state index contributed by atoms with van der Waals surface area (Å²) in [5.41, 5.74) is 1.71. The number of nitrogens with zero attached hydrogens (tertiary/aromatic N) is 1. The van der Waals surface area contributed by atoms with Gasteiger partial charge < -0.3 is 14.4 Å². The molecule has 0 spiro atoms. The molecule has 0 N–H and O–H groups in total. The van der Waals surface area contributed by atoms with E-state index in [9.17, 15) is 9.59 Å². The molecule has 1 aromatic rings. The van der Waals surface area contributed by atoms with Crippen LogP contribution in [0.2, 0.25) is 0 Å². The number of thioether (sulfide) groups is 1. The highest BCUT2D eigenvalue weighted by Crippen LogP contribution is 2.40. The first kappa shape index (κ1) is 17.1. The highest BCUT2D eigenvalue weighted by molar-refractivity contribution is 8.06. The van der Waals surface area contributed by atoms with E-state index in [2.05, 4.69) is 0 Å². The summed E-state index contributed by atoms with van der Waals surface area (Å²) < 4.78 is 10.1. The lowest BCUT2D eigenvalue weighted by Gasteiger charge is -2.23. The summed E-state index contributed by atoms with van der Waals surface area (Å²) >= 11 is 1.31. The summed E-state index contributed by atoms with van der Waals surface area (Å²) in [6.07, 6.45) is 0. The molecule has 0 aliphatic carbocycles. The van der Waals surface area contributed by atoms with Gasteiger partial charge in [-0.05, 0) is 38.3 Å². The van der Waals surface area contributed by atoms with Gasteiger partial charge >= 0.3 is 11.9 Å². The second-order valence-corrected chi connectivity index (χ2v) is 5.53. The summed E-state index contributed by atoms with van der Waals surface area (Å²) in [5, 5.41) is 2.39. The number of para-hydroxylation sites is 1. The second kappa shape index (κ2) is 7.87. The summed E-state index contributed by atoms with van der Waals surface area (Å²) in [4.78, 5) is 26.4. The number of hydrogen-bond donors (Lipinski definition) is 0. The lowest BCUT2D eigenvalue weighted by Crippen LogP contribution is -2.25. The zero-order chi connectivity index (χ0) is 16.8. The predicted octanol–water partition coefficient (Wildman–Crippen LogP) is 3.44. The zero-order valence-corrected chi connectivity index (χ0v) is 14.2. The summed E-state index contributed by atoms with van der Waals surface area (Å²) in [5.74, 6) is -1.34. The van der Waals surface area contributed by atoms with E-state index >= 15 is 0 Å². The lowest BCUT2D eigenvalue weighted by molar-refractivity contribution is -0.146. The molecule has 0 fully saturated rings. The Morgan fingerprint density at radius 3 is 2.13 bits per heavy atom. The first-order valence-corrected chi connectivity index (χ1v) is 8.25. The molecule has 5 nitrogen and oxygen atoms in total. The van der Waals surface area contributed by atoms with Gasteiger partial charge in [0.05, 0.1) is 13.2 Å². The first-order valence-electron chi connectivity index (χ1n) is 7.37. The van der Waals surface area contributed by atoms with Crippen molar-refractivity contribution < 1.29 is 19.1 Å². The average Bonchev–Trinajstić information content (AvgIpc) is 2.90. The van der Waals surface area contributed by atoms with Gasteiger partial charge in [-0.25, -0.2) is 9.59 Å².